The average molecular weight is 503 g/mol. The van der Waals surface area contributed by atoms with Crippen molar-refractivity contribution in [1.29, 1.82) is 0 Å². The van der Waals surface area contributed by atoms with E-state index in [1.54, 1.807) is 6.07 Å². The zero-order chi connectivity index (χ0) is 23.8. The van der Waals surface area contributed by atoms with Crippen molar-refractivity contribution in [2.24, 2.45) is 0 Å². The Kier molecular flexibility index (Phi) is 6.85. The predicted molar refractivity (Wildman–Crippen MR) is 135 cm³/mol. The molecule has 2 aliphatic rings. The van der Waals surface area contributed by atoms with Gasteiger partial charge in [-0.3, -0.25) is 9.69 Å². The summed E-state index contributed by atoms with van der Waals surface area (Å²) < 4.78 is 14.2. The summed E-state index contributed by atoms with van der Waals surface area (Å²) in [6, 6.07) is 10.4. The van der Waals surface area contributed by atoms with Crippen LogP contribution in [0.4, 0.5) is 4.39 Å². The zero-order valence-corrected chi connectivity index (χ0v) is 20.8. The van der Waals surface area contributed by atoms with E-state index in [1.165, 1.54) is 12.1 Å². The molecule has 1 aromatic heterocycles. The number of carbonyl (C=O) groups is 1. The minimum atomic E-state index is -0.293. The number of piperazine rings is 1. The number of fused-ring (bicyclic) bond motifs is 1. The number of likely N-dealkylation sites (tertiary alicyclic amines) is 1. The number of amides is 1. The van der Waals surface area contributed by atoms with Gasteiger partial charge in [0.25, 0.3) is 5.91 Å². The van der Waals surface area contributed by atoms with Crippen molar-refractivity contribution in [1.82, 2.24) is 19.7 Å². The van der Waals surface area contributed by atoms with Gasteiger partial charge in [-0.1, -0.05) is 29.3 Å². The molecule has 5 nitrogen and oxygen atoms in total. The van der Waals surface area contributed by atoms with Crippen LogP contribution in [0.5, 0.6) is 0 Å². The molecule has 180 valence electrons. The second-order valence-corrected chi connectivity index (χ2v) is 10.3. The minimum absolute atomic E-state index is 0.00237. The Bertz CT molecular complexity index is 1180. The first kappa shape index (κ1) is 23.6. The molecule has 0 saturated carbocycles. The number of H-pyrrole nitrogens is 1. The van der Waals surface area contributed by atoms with Gasteiger partial charge in [0.05, 0.1) is 0 Å². The number of aromatic nitrogens is 1. The number of aromatic amines is 1. The van der Waals surface area contributed by atoms with Crippen LogP contribution in [0.15, 0.2) is 36.4 Å². The van der Waals surface area contributed by atoms with E-state index in [0.29, 0.717) is 31.2 Å². The summed E-state index contributed by atoms with van der Waals surface area (Å²) >= 11 is 12.9. The van der Waals surface area contributed by atoms with E-state index in [9.17, 15) is 9.18 Å². The molecule has 0 unspecified atom stereocenters. The molecule has 3 aromatic rings. The summed E-state index contributed by atoms with van der Waals surface area (Å²) in [5.41, 5.74) is 3.30. The lowest BCUT2D eigenvalue weighted by Crippen LogP contribution is -2.47. The van der Waals surface area contributed by atoms with E-state index in [-0.39, 0.29) is 11.7 Å². The summed E-state index contributed by atoms with van der Waals surface area (Å²) in [5, 5.41) is 2.23. The Morgan fingerprint density at radius 3 is 2.38 bits per heavy atom. The van der Waals surface area contributed by atoms with Gasteiger partial charge in [0.1, 0.15) is 11.5 Å². The molecule has 5 rings (SSSR count). The van der Waals surface area contributed by atoms with Crippen molar-refractivity contribution < 1.29 is 9.18 Å². The van der Waals surface area contributed by atoms with Crippen LogP contribution >= 0.6 is 23.2 Å². The first-order valence-electron chi connectivity index (χ1n) is 11.8. The van der Waals surface area contributed by atoms with Crippen LogP contribution in [0.25, 0.3) is 10.9 Å². The number of piperidine rings is 1. The maximum Gasteiger partial charge on any atom is 0.270 e. The molecule has 8 heteroatoms. The van der Waals surface area contributed by atoms with Crippen LogP contribution in [-0.4, -0.2) is 71.9 Å². The van der Waals surface area contributed by atoms with E-state index < -0.39 is 0 Å². The highest BCUT2D eigenvalue weighted by atomic mass is 35.5. The smallest absolute Gasteiger partial charge is 0.270 e. The van der Waals surface area contributed by atoms with Crippen LogP contribution in [0, 0.1) is 5.82 Å². The Labute approximate surface area is 209 Å². The Hall–Kier alpha value is -2.12. The van der Waals surface area contributed by atoms with Crippen LogP contribution in [-0.2, 0) is 6.54 Å². The fourth-order valence-electron chi connectivity index (χ4n) is 5.24. The monoisotopic (exact) mass is 502 g/mol. The largest absolute Gasteiger partial charge is 0.350 e. The minimum Gasteiger partial charge on any atom is -0.350 e. The predicted octanol–water partition coefficient (Wildman–Crippen LogP) is 5.38. The lowest BCUT2D eigenvalue weighted by molar-refractivity contribution is 0.0656. The van der Waals surface area contributed by atoms with Crippen molar-refractivity contribution in [3.8, 4) is 0 Å². The Balaban J connectivity index is 1.37. The first-order valence-corrected chi connectivity index (χ1v) is 12.6. The Morgan fingerprint density at radius 1 is 1.03 bits per heavy atom. The summed E-state index contributed by atoms with van der Waals surface area (Å²) in [4.78, 5) is 23.2. The number of rotatable bonds is 4. The molecular formula is C26H29Cl2FN4O. The van der Waals surface area contributed by atoms with Gasteiger partial charge in [-0.15, -0.1) is 0 Å². The van der Waals surface area contributed by atoms with E-state index in [0.717, 1.165) is 71.1 Å². The lowest BCUT2D eigenvalue weighted by Gasteiger charge is -2.34. The van der Waals surface area contributed by atoms with Gasteiger partial charge < -0.3 is 14.8 Å². The SMILES string of the molecule is CN1CCN(C(=O)c2[nH]c3ccc(F)cc3c2CN2CCC(c3c(Cl)cccc3Cl)CC2)CC1. The summed E-state index contributed by atoms with van der Waals surface area (Å²) in [5.74, 6) is 0.0140. The third-order valence-electron chi connectivity index (χ3n) is 7.25. The number of nitrogens with zero attached hydrogens (tertiary/aromatic N) is 3. The molecule has 0 spiro atoms. The third kappa shape index (κ3) is 4.69. The molecular weight excluding hydrogens is 474 g/mol. The summed E-state index contributed by atoms with van der Waals surface area (Å²) in [6.07, 6.45) is 1.86. The van der Waals surface area contributed by atoms with Crippen LogP contribution < -0.4 is 0 Å². The van der Waals surface area contributed by atoms with E-state index >= 15 is 0 Å². The Morgan fingerprint density at radius 2 is 1.71 bits per heavy atom. The van der Waals surface area contributed by atoms with Crippen molar-refractivity contribution in [2.45, 2.75) is 25.3 Å². The summed E-state index contributed by atoms with van der Waals surface area (Å²) in [7, 11) is 2.07. The standard InChI is InChI=1S/C26H29Cl2FN4O/c1-31-11-13-33(14-12-31)26(34)25-20(19-15-18(29)5-6-23(19)30-25)16-32-9-7-17(8-10-32)24-21(27)3-2-4-22(24)28/h2-6,15,17,30H,7-14,16H2,1H3. The molecule has 34 heavy (non-hydrogen) atoms. The fraction of sp³-hybridized carbons (Fsp3) is 0.423. The maximum absolute atomic E-state index is 14.2. The molecule has 1 amide bonds. The molecule has 2 saturated heterocycles. The van der Waals surface area contributed by atoms with Crippen LogP contribution in [0.2, 0.25) is 10.0 Å². The summed E-state index contributed by atoms with van der Waals surface area (Å²) in [6.45, 7) is 5.42. The maximum atomic E-state index is 14.2. The van der Waals surface area contributed by atoms with Crippen molar-refractivity contribution in [3.63, 3.8) is 0 Å². The molecule has 2 fully saturated rings. The molecule has 0 radical (unpaired) electrons. The zero-order valence-electron chi connectivity index (χ0n) is 19.3. The third-order valence-corrected chi connectivity index (χ3v) is 7.91. The number of hydrogen-bond donors (Lipinski definition) is 1. The highest BCUT2D eigenvalue weighted by molar-refractivity contribution is 6.36. The number of likely N-dealkylation sites (N-methyl/N-ethyl adjacent to an activating group) is 1. The number of benzene rings is 2. The highest BCUT2D eigenvalue weighted by Gasteiger charge is 2.29. The molecule has 2 aliphatic heterocycles. The van der Waals surface area contributed by atoms with Gasteiger partial charge in [-0.05, 0) is 74.8 Å². The van der Waals surface area contributed by atoms with E-state index in [1.807, 2.05) is 23.1 Å². The molecule has 0 atom stereocenters. The van der Waals surface area contributed by atoms with Crippen LogP contribution in [0.3, 0.4) is 0 Å². The lowest BCUT2D eigenvalue weighted by atomic mass is 9.89. The second kappa shape index (κ2) is 9.86. The van der Waals surface area contributed by atoms with Crippen molar-refractivity contribution >= 4 is 40.0 Å². The van der Waals surface area contributed by atoms with Gasteiger partial charge >= 0.3 is 0 Å². The highest BCUT2D eigenvalue weighted by Crippen LogP contribution is 2.38. The number of hydrogen-bond acceptors (Lipinski definition) is 3. The number of halogens is 3. The van der Waals surface area contributed by atoms with Gasteiger partial charge in [-0.2, -0.15) is 0 Å². The van der Waals surface area contributed by atoms with Gasteiger partial charge in [0, 0.05) is 59.2 Å². The van der Waals surface area contributed by atoms with Gasteiger partial charge in [0.15, 0.2) is 0 Å². The first-order chi connectivity index (χ1) is 16.4. The average Bonchev–Trinajstić information content (AvgIpc) is 3.17. The quantitative estimate of drug-likeness (QED) is 0.520. The van der Waals surface area contributed by atoms with E-state index in [4.69, 9.17) is 23.2 Å². The molecule has 1 N–H and O–H groups in total. The van der Waals surface area contributed by atoms with Gasteiger partial charge in [0.2, 0.25) is 0 Å². The van der Waals surface area contributed by atoms with Crippen molar-refractivity contribution in [2.75, 3.05) is 46.3 Å². The molecule has 3 heterocycles. The van der Waals surface area contributed by atoms with Gasteiger partial charge in [-0.25, -0.2) is 4.39 Å². The molecule has 0 aliphatic carbocycles. The number of nitrogens with one attached hydrogen (secondary N) is 1. The van der Waals surface area contributed by atoms with E-state index in [2.05, 4.69) is 21.8 Å². The van der Waals surface area contributed by atoms with Crippen molar-refractivity contribution in [3.05, 3.63) is 69.1 Å². The topological polar surface area (TPSA) is 42.6 Å². The second-order valence-electron chi connectivity index (χ2n) is 9.45. The van der Waals surface area contributed by atoms with Crippen LogP contribution in [0.1, 0.15) is 40.4 Å². The molecule has 0 bridgehead atoms. The fourth-order valence-corrected chi connectivity index (χ4v) is 5.94. The molecule has 2 aromatic carbocycles. The number of carbonyl (C=O) groups excluding carboxylic acids is 1. The normalized spacial score (nSPS) is 18.6.